The first kappa shape index (κ1) is 14.9. The fourth-order valence-corrected chi connectivity index (χ4v) is 1.40. The monoisotopic (exact) mass is 282 g/mol. The minimum atomic E-state index is -5.14. The first-order valence-electron chi connectivity index (χ1n) is 4.76. The van der Waals surface area contributed by atoms with Crippen molar-refractivity contribution in [2.75, 3.05) is 7.11 Å². The van der Waals surface area contributed by atoms with Crippen LogP contribution in [0.4, 0.5) is 22.0 Å². The average Bonchev–Trinajstić information content (AvgIpc) is 2.27. The summed E-state index contributed by atoms with van der Waals surface area (Å²) in [5.41, 5.74) is -1.48. The predicted octanol–water partition coefficient (Wildman–Crippen LogP) is 2.99. The van der Waals surface area contributed by atoms with E-state index in [-0.39, 0.29) is 5.88 Å². The number of alkyl halides is 5. The van der Waals surface area contributed by atoms with Crippen LogP contribution in [0, 0.1) is 11.3 Å². The summed E-state index contributed by atoms with van der Waals surface area (Å²) in [5, 5.41) is 8.53. The molecule has 0 radical (unpaired) electrons. The van der Waals surface area contributed by atoms with E-state index in [1.54, 1.807) is 6.07 Å². The van der Waals surface area contributed by atoms with Crippen LogP contribution in [0.1, 0.15) is 17.6 Å². The molecule has 0 aliphatic heterocycles. The van der Waals surface area contributed by atoms with Crippen molar-refractivity contribution in [1.82, 2.24) is 4.98 Å². The minimum Gasteiger partial charge on any atom is -0.481 e. The second kappa shape index (κ2) is 5.69. The number of ether oxygens (including phenoxy) is 2. The Balaban J connectivity index is 3.41. The number of rotatable bonds is 4. The van der Waals surface area contributed by atoms with Gasteiger partial charge in [-0.3, -0.25) is 0 Å². The molecule has 0 aliphatic carbocycles. The molecule has 9 heteroatoms. The molecule has 0 N–H and O–H groups in total. The highest BCUT2D eigenvalue weighted by Gasteiger charge is 2.35. The van der Waals surface area contributed by atoms with Gasteiger partial charge in [-0.25, -0.2) is 13.8 Å². The van der Waals surface area contributed by atoms with Crippen LogP contribution in [0.15, 0.2) is 6.20 Å². The van der Waals surface area contributed by atoms with Crippen molar-refractivity contribution in [3.63, 3.8) is 0 Å². The van der Waals surface area contributed by atoms with E-state index in [9.17, 15) is 22.0 Å². The van der Waals surface area contributed by atoms with Crippen molar-refractivity contribution in [2.45, 2.75) is 19.2 Å². The number of halogens is 5. The average molecular weight is 282 g/mol. The molecule has 0 spiro atoms. The van der Waals surface area contributed by atoms with Gasteiger partial charge in [0.25, 0.3) is 6.43 Å². The highest BCUT2D eigenvalue weighted by Crippen LogP contribution is 2.38. The van der Waals surface area contributed by atoms with Gasteiger partial charge < -0.3 is 9.47 Å². The van der Waals surface area contributed by atoms with Gasteiger partial charge in [0.1, 0.15) is 0 Å². The second-order valence-electron chi connectivity index (χ2n) is 3.21. The molecule has 0 atom stereocenters. The Morgan fingerprint density at radius 2 is 2.05 bits per heavy atom. The molecule has 0 aliphatic rings. The van der Waals surface area contributed by atoms with Crippen LogP contribution in [0.3, 0.4) is 0 Å². The minimum absolute atomic E-state index is 0.341. The van der Waals surface area contributed by atoms with Gasteiger partial charge in [0.2, 0.25) is 5.88 Å². The lowest BCUT2D eigenvalue weighted by molar-refractivity contribution is -0.275. The van der Waals surface area contributed by atoms with Crippen LogP contribution in [-0.2, 0) is 6.42 Å². The Labute approximate surface area is 104 Å². The van der Waals surface area contributed by atoms with Crippen molar-refractivity contribution >= 4 is 0 Å². The van der Waals surface area contributed by atoms with Gasteiger partial charge >= 0.3 is 6.36 Å². The summed E-state index contributed by atoms with van der Waals surface area (Å²) in [4.78, 5) is 3.41. The van der Waals surface area contributed by atoms with Gasteiger partial charge in [0.15, 0.2) is 5.75 Å². The van der Waals surface area contributed by atoms with Crippen molar-refractivity contribution in [2.24, 2.45) is 0 Å². The van der Waals surface area contributed by atoms with E-state index in [4.69, 9.17) is 5.26 Å². The standard InChI is InChI=1S/C10H7F5N2O2/c1-18-9-5(2-3-16)7(8(11)12)6(4-17-9)19-10(13,14)15/h4,8H,2H2,1H3. The summed E-state index contributed by atoms with van der Waals surface area (Å²) in [7, 11) is 1.10. The lowest BCUT2D eigenvalue weighted by atomic mass is 10.1. The lowest BCUT2D eigenvalue weighted by Crippen LogP contribution is -2.19. The van der Waals surface area contributed by atoms with Gasteiger partial charge in [-0.2, -0.15) is 5.26 Å². The summed E-state index contributed by atoms with van der Waals surface area (Å²) in [6.07, 6.45) is -8.50. The van der Waals surface area contributed by atoms with Crippen molar-refractivity contribution in [1.29, 1.82) is 5.26 Å². The quantitative estimate of drug-likeness (QED) is 0.797. The number of aromatic nitrogens is 1. The van der Waals surface area contributed by atoms with Gasteiger partial charge in [-0.15, -0.1) is 13.2 Å². The van der Waals surface area contributed by atoms with Crippen molar-refractivity contribution in [3.8, 4) is 17.7 Å². The number of methoxy groups -OCH3 is 1. The first-order valence-corrected chi connectivity index (χ1v) is 4.76. The molecule has 19 heavy (non-hydrogen) atoms. The maximum Gasteiger partial charge on any atom is 0.573 e. The van der Waals surface area contributed by atoms with E-state index in [2.05, 4.69) is 14.5 Å². The van der Waals surface area contributed by atoms with Crippen LogP contribution >= 0.6 is 0 Å². The molecule has 1 aromatic heterocycles. The molecule has 0 aromatic carbocycles. The van der Waals surface area contributed by atoms with Crippen LogP contribution in [-0.4, -0.2) is 18.5 Å². The van der Waals surface area contributed by atoms with E-state index in [1.165, 1.54) is 0 Å². The van der Waals surface area contributed by atoms with Crippen LogP contribution in [0.2, 0.25) is 0 Å². The number of hydrogen-bond donors (Lipinski definition) is 0. The zero-order chi connectivity index (χ0) is 14.6. The van der Waals surface area contributed by atoms with E-state index in [0.717, 1.165) is 7.11 Å². The fourth-order valence-electron chi connectivity index (χ4n) is 1.40. The van der Waals surface area contributed by atoms with Crippen molar-refractivity contribution in [3.05, 3.63) is 17.3 Å². The molecule has 4 nitrogen and oxygen atoms in total. The molecular formula is C10H7F5N2O2. The molecule has 0 saturated heterocycles. The van der Waals surface area contributed by atoms with Crippen LogP contribution in [0.5, 0.6) is 11.6 Å². The summed E-state index contributed by atoms with van der Waals surface area (Å²) in [6.45, 7) is 0. The van der Waals surface area contributed by atoms with E-state index in [1.807, 2.05) is 0 Å². The third kappa shape index (κ3) is 3.67. The van der Waals surface area contributed by atoms with E-state index < -0.39 is 36.1 Å². The third-order valence-corrected chi connectivity index (χ3v) is 2.04. The Morgan fingerprint density at radius 1 is 1.42 bits per heavy atom. The van der Waals surface area contributed by atoms with Gasteiger partial charge in [0.05, 0.1) is 31.4 Å². The van der Waals surface area contributed by atoms with E-state index in [0.29, 0.717) is 6.20 Å². The molecule has 1 heterocycles. The molecule has 0 saturated carbocycles. The maximum atomic E-state index is 12.9. The summed E-state index contributed by atoms with van der Waals surface area (Å²) in [6, 6.07) is 1.55. The van der Waals surface area contributed by atoms with Crippen molar-refractivity contribution < 1.29 is 31.4 Å². The van der Waals surface area contributed by atoms with Crippen LogP contribution < -0.4 is 9.47 Å². The molecule has 0 bridgehead atoms. The predicted molar refractivity (Wildman–Crippen MR) is 51.7 cm³/mol. The third-order valence-electron chi connectivity index (χ3n) is 2.04. The highest BCUT2D eigenvalue weighted by molar-refractivity contribution is 5.46. The zero-order valence-corrected chi connectivity index (χ0v) is 9.46. The molecule has 0 unspecified atom stereocenters. The number of pyridine rings is 1. The number of nitriles is 1. The van der Waals surface area contributed by atoms with Gasteiger partial charge in [0, 0.05) is 5.56 Å². The fraction of sp³-hybridized carbons (Fsp3) is 0.400. The van der Waals surface area contributed by atoms with Gasteiger partial charge in [-0.1, -0.05) is 0 Å². The highest BCUT2D eigenvalue weighted by atomic mass is 19.4. The second-order valence-corrected chi connectivity index (χ2v) is 3.21. The molecule has 0 amide bonds. The summed E-state index contributed by atoms with van der Waals surface area (Å²) >= 11 is 0. The number of hydrogen-bond acceptors (Lipinski definition) is 4. The Kier molecular flexibility index (Phi) is 4.47. The zero-order valence-electron chi connectivity index (χ0n) is 9.46. The molecule has 1 rings (SSSR count). The Hall–Kier alpha value is -2.11. The summed E-state index contributed by atoms with van der Waals surface area (Å²) in [5.74, 6) is -1.49. The largest absolute Gasteiger partial charge is 0.573 e. The first-order chi connectivity index (χ1) is 8.80. The molecule has 1 aromatic rings. The molecule has 104 valence electrons. The topological polar surface area (TPSA) is 55.1 Å². The normalized spacial score (nSPS) is 11.3. The van der Waals surface area contributed by atoms with Gasteiger partial charge in [-0.05, 0) is 0 Å². The smallest absolute Gasteiger partial charge is 0.481 e. The summed E-state index contributed by atoms with van der Waals surface area (Å²) < 4.78 is 70.1. The van der Waals surface area contributed by atoms with E-state index >= 15 is 0 Å². The molecule has 0 fully saturated rings. The Morgan fingerprint density at radius 3 is 2.47 bits per heavy atom. The van der Waals surface area contributed by atoms with Crippen LogP contribution in [0.25, 0.3) is 0 Å². The lowest BCUT2D eigenvalue weighted by Gasteiger charge is -2.16. The maximum absolute atomic E-state index is 12.9. The number of nitrogens with zero attached hydrogens (tertiary/aromatic N) is 2. The molecular weight excluding hydrogens is 275 g/mol. The SMILES string of the molecule is COc1ncc(OC(F)(F)F)c(C(F)F)c1CC#N. The Bertz CT molecular complexity index is 496.